The minimum atomic E-state index is -0.802. The molecule has 3 nitrogen and oxygen atoms in total. The average molecular weight is 270 g/mol. The van der Waals surface area contributed by atoms with Crippen molar-refractivity contribution in [3.63, 3.8) is 0 Å². The second kappa shape index (κ2) is 7.75. The number of aliphatic imine (C=N–C) groups is 1. The predicted molar refractivity (Wildman–Crippen MR) is 82.5 cm³/mol. The van der Waals surface area contributed by atoms with Gasteiger partial charge in [0.2, 0.25) is 0 Å². The molecule has 1 unspecified atom stereocenters. The van der Waals surface area contributed by atoms with E-state index in [2.05, 4.69) is 9.98 Å². The Kier molecular flexibility index (Phi) is 5.69. The molecular weight excluding hydrogens is 248 g/mol. The molecule has 0 spiro atoms. The van der Waals surface area contributed by atoms with Crippen LogP contribution >= 0.6 is 0 Å². The second-order valence-corrected chi connectivity index (χ2v) is 5.23. The van der Waals surface area contributed by atoms with Gasteiger partial charge < -0.3 is 5.11 Å². The maximum Gasteiger partial charge on any atom is 0.121 e. The highest BCUT2D eigenvalue weighted by Gasteiger charge is 2.33. The van der Waals surface area contributed by atoms with Gasteiger partial charge in [0.25, 0.3) is 0 Å². The van der Waals surface area contributed by atoms with Crippen LogP contribution in [-0.2, 0) is 0 Å². The first-order chi connectivity index (χ1) is 9.81. The van der Waals surface area contributed by atoms with Gasteiger partial charge in [-0.15, -0.1) is 0 Å². The zero-order valence-electron chi connectivity index (χ0n) is 11.7. The molecule has 1 fully saturated rings. The van der Waals surface area contributed by atoms with E-state index in [0.717, 1.165) is 12.8 Å². The predicted octanol–water partition coefficient (Wildman–Crippen LogP) is 3.53. The molecule has 1 aliphatic carbocycles. The van der Waals surface area contributed by atoms with Crippen molar-refractivity contribution in [1.29, 1.82) is 0 Å². The quantitative estimate of drug-likeness (QED) is 0.848. The summed E-state index contributed by atoms with van der Waals surface area (Å²) in [6.45, 7) is 0. The Hall–Kier alpha value is -1.74. The number of pyridine rings is 1. The van der Waals surface area contributed by atoms with E-state index in [1.54, 1.807) is 24.8 Å². The van der Waals surface area contributed by atoms with Crippen molar-refractivity contribution in [3.8, 4) is 0 Å². The van der Waals surface area contributed by atoms with Gasteiger partial charge in [-0.1, -0.05) is 31.4 Å². The maximum atomic E-state index is 10.4. The molecule has 3 rings (SSSR count). The Morgan fingerprint density at radius 1 is 0.950 bits per heavy atom. The highest BCUT2D eigenvalue weighted by molar-refractivity contribution is 5.73. The van der Waals surface area contributed by atoms with Crippen LogP contribution in [0.5, 0.6) is 0 Å². The van der Waals surface area contributed by atoms with E-state index in [1.807, 2.05) is 36.4 Å². The van der Waals surface area contributed by atoms with Crippen LogP contribution in [0.4, 0.5) is 0 Å². The van der Waals surface area contributed by atoms with Gasteiger partial charge in [-0.05, 0) is 43.0 Å². The van der Waals surface area contributed by atoms with Crippen molar-refractivity contribution in [3.05, 3.63) is 55.0 Å². The topological polar surface area (TPSA) is 45.5 Å². The van der Waals surface area contributed by atoms with Gasteiger partial charge in [-0.25, -0.2) is 0 Å². The smallest absolute Gasteiger partial charge is 0.121 e. The van der Waals surface area contributed by atoms with Crippen LogP contribution in [0.1, 0.15) is 32.1 Å². The molecule has 1 saturated carbocycles. The lowest BCUT2D eigenvalue weighted by Gasteiger charge is -2.33. The summed E-state index contributed by atoms with van der Waals surface area (Å²) >= 11 is 0. The summed E-state index contributed by atoms with van der Waals surface area (Å²) in [6.07, 6.45) is 18.5. The lowest BCUT2D eigenvalue weighted by molar-refractivity contribution is 0.0767. The fraction of sp³-hybridized carbons (Fsp3) is 0.412. The minimum Gasteiger partial charge on any atom is -0.380 e. The Bertz CT molecular complexity index is 416. The van der Waals surface area contributed by atoms with Crippen molar-refractivity contribution in [2.45, 2.75) is 37.7 Å². The van der Waals surface area contributed by atoms with E-state index in [4.69, 9.17) is 0 Å². The van der Waals surface area contributed by atoms with Crippen LogP contribution in [0, 0.1) is 5.92 Å². The Balaban J connectivity index is 0.000000205. The summed E-state index contributed by atoms with van der Waals surface area (Å²) in [5.74, 6) is 0.358. The molecule has 0 aromatic carbocycles. The molecule has 20 heavy (non-hydrogen) atoms. The van der Waals surface area contributed by atoms with Gasteiger partial charge >= 0.3 is 0 Å². The van der Waals surface area contributed by atoms with Crippen molar-refractivity contribution < 1.29 is 5.11 Å². The van der Waals surface area contributed by atoms with Crippen molar-refractivity contribution in [2.24, 2.45) is 10.9 Å². The zero-order chi connectivity index (χ0) is 14.1. The number of nitrogens with zero attached hydrogens (tertiary/aromatic N) is 2. The van der Waals surface area contributed by atoms with E-state index >= 15 is 0 Å². The summed E-state index contributed by atoms with van der Waals surface area (Å²) in [6, 6.07) is 5.72. The first-order valence-corrected chi connectivity index (χ1v) is 7.27. The van der Waals surface area contributed by atoms with E-state index in [9.17, 15) is 5.11 Å². The largest absolute Gasteiger partial charge is 0.380 e. The van der Waals surface area contributed by atoms with Crippen LogP contribution in [0.25, 0.3) is 0 Å². The third-order valence-electron chi connectivity index (χ3n) is 3.75. The van der Waals surface area contributed by atoms with Crippen LogP contribution in [0.2, 0.25) is 0 Å². The van der Waals surface area contributed by atoms with Crippen LogP contribution in [-0.4, -0.2) is 21.9 Å². The molecule has 2 aliphatic rings. The first kappa shape index (κ1) is 14.7. The van der Waals surface area contributed by atoms with Gasteiger partial charge in [0.15, 0.2) is 0 Å². The molecule has 1 N–H and O–H groups in total. The van der Waals surface area contributed by atoms with E-state index in [-0.39, 0.29) is 0 Å². The van der Waals surface area contributed by atoms with Gasteiger partial charge in [0, 0.05) is 24.8 Å². The van der Waals surface area contributed by atoms with Gasteiger partial charge in [-0.2, -0.15) is 0 Å². The SMILES string of the molecule is OC1(C2CCCCC2)C=CC=CN=C1.c1ccncc1. The molecule has 2 heterocycles. The number of aromatic nitrogens is 1. The molecule has 1 aliphatic heterocycles. The number of hydrogen-bond acceptors (Lipinski definition) is 3. The van der Waals surface area contributed by atoms with Gasteiger partial charge in [0.05, 0.1) is 0 Å². The number of allylic oxidation sites excluding steroid dienone is 2. The monoisotopic (exact) mass is 270 g/mol. The molecule has 0 amide bonds. The molecule has 3 heteroatoms. The fourth-order valence-electron chi connectivity index (χ4n) is 2.63. The normalized spacial score (nSPS) is 25.6. The van der Waals surface area contributed by atoms with E-state index in [1.165, 1.54) is 19.3 Å². The van der Waals surface area contributed by atoms with Crippen molar-refractivity contribution in [2.75, 3.05) is 0 Å². The highest BCUT2D eigenvalue weighted by atomic mass is 16.3. The summed E-state index contributed by atoms with van der Waals surface area (Å²) < 4.78 is 0. The van der Waals surface area contributed by atoms with Gasteiger partial charge in [0.1, 0.15) is 5.60 Å². The van der Waals surface area contributed by atoms with Crippen LogP contribution < -0.4 is 0 Å². The van der Waals surface area contributed by atoms with Crippen LogP contribution in [0.3, 0.4) is 0 Å². The van der Waals surface area contributed by atoms with Crippen LogP contribution in [0.15, 0.2) is 60.0 Å². The molecule has 0 saturated heterocycles. The summed E-state index contributed by atoms with van der Waals surface area (Å²) in [4.78, 5) is 7.87. The molecule has 1 aromatic rings. The summed E-state index contributed by atoms with van der Waals surface area (Å²) in [5.41, 5.74) is -0.802. The Labute approximate surface area is 120 Å². The third kappa shape index (κ3) is 4.42. The zero-order valence-corrected chi connectivity index (χ0v) is 11.7. The Morgan fingerprint density at radius 3 is 2.30 bits per heavy atom. The lowest BCUT2D eigenvalue weighted by atomic mass is 9.77. The lowest BCUT2D eigenvalue weighted by Crippen LogP contribution is -2.38. The molecule has 106 valence electrons. The third-order valence-corrected chi connectivity index (χ3v) is 3.75. The standard InChI is InChI=1S/C12H17NO.C5H5N/c14-12(8-4-5-9-13-10-12)11-6-2-1-3-7-11;1-2-4-6-5-3-1/h4-5,8-11,14H,1-3,6-7H2;1-5H. The maximum absolute atomic E-state index is 10.4. The van der Waals surface area contributed by atoms with Gasteiger partial charge in [-0.3, -0.25) is 9.98 Å². The summed E-state index contributed by atoms with van der Waals surface area (Å²) in [5, 5.41) is 10.4. The second-order valence-electron chi connectivity index (χ2n) is 5.23. The van der Waals surface area contributed by atoms with Crippen molar-refractivity contribution >= 4 is 6.21 Å². The molecular formula is C17H22N2O. The molecule has 0 bridgehead atoms. The number of aliphatic hydroxyl groups is 1. The number of hydrogen-bond donors (Lipinski definition) is 1. The Morgan fingerprint density at radius 2 is 1.70 bits per heavy atom. The summed E-state index contributed by atoms with van der Waals surface area (Å²) in [7, 11) is 0. The van der Waals surface area contributed by atoms with E-state index in [0.29, 0.717) is 5.92 Å². The van der Waals surface area contributed by atoms with E-state index < -0.39 is 5.60 Å². The molecule has 1 atom stereocenters. The minimum absolute atomic E-state index is 0.358. The fourth-order valence-corrected chi connectivity index (χ4v) is 2.63. The molecule has 1 aromatic heterocycles. The highest BCUT2D eigenvalue weighted by Crippen LogP contribution is 2.33. The molecule has 0 radical (unpaired) electrons. The number of rotatable bonds is 1. The average Bonchev–Trinajstić information content (AvgIpc) is 2.76. The first-order valence-electron chi connectivity index (χ1n) is 7.27. The van der Waals surface area contributed by atoms with Crippen molar-refractivity contribution in [1.82, 2.24) is 4.98 Å².